The van der Waals surface area contributed by atoms with Crippen LogP contribution >= 0.6 is 15.9 Å². The Morgan fingerprint density at radius 2 is 1.83 bits per heavy atom. The Hall–Kier alpha value is -2.79. The molecule has 2 aliphatic rings. The monoisotopic (exact) mass is 533 g/mol. The number of pyridine rings is 1. The van der Waals surface area contributed by atoms with Crippen molar-refractivity contribution in [2.45, 2.75) is 43.6 Å². The lowest BCUT2D eigenvalue weighted by molar-refractivity contribution is 0.00493. The smallest absolute Gasteiger partial charge is 0.202 e. The summed E-state index contributed by atoms with van der Waals surface area (Å²) in [5, 5.41) is 10.1. The number of carbonyl (C=O) groups excluding carboxylic acids is 1. The molecule has 7 heteroatoms. The van der Waals surface area contributed by atoms with E-state index in [0.29, 0.717) is 17.6 Å². The number of morpholine rings is 1. The van der Waals surface area contributed by atoms with Gasteiger partial charge in [-0.2, -0.15) is 5.26 Å². The van der Waals surface area contributed by atoms with Gasteiger partial charge in [0.15, 0.2) is 5.76 Å². The summed E-state index contributed by atoms with van der Waals surface area (Å²) in [6.45, 7) is 3.55. The van der Waals surface area contributed by atoms with Crippen LogP contribution in [0.5, 0.6) is 0 Å². The Bertz CT molecular complexity index is 1200. The molecule has 0 bridgehead atoms. The molecule has 0 atom stereocenters. The second-order valence-electron chi connectivity index (χ2n) is 9.40. The molecule has 1 aromatic carbocycles. The fourth-order valence-corrected chi connectivity index (χ4v) is 5.43. The number of aromatic nitrogens is 1. The number of nitriles is 1. The third kappa shape index (κ3) is 5.25. The van der Waals surface area contributed by atoms with E-state index in [1.165, 1.54) is 0 Å². The molecule has 2 aromatic heterocycles. The SMILES string of the molecule is N#CC1(c2ccc(CC(=O)c3ccc(-c4ccc(Br)cc4)o3)cn2)CCC(N2CCOCC2)CC1. The Morgan fingerprint density at radius 3 is 2.49 bits per heavy atom. The van der Waals surface area contributed by atoms with Gasteiger partial charge < -0.3 is 9.15 Å². The van der Waals surface area contributed by atoms with E-state index in [2.05, 4.69) is 31.9 Å². The highest BCUT2D eigenvalue weighted by Gasteiger charge is 2.40. The molecule has 1 aliphatic carbocycles. The summed E-state index contributed by atoms with van der Waals surface area (Å²) in [6, 6.07) is 18.3. The Morgan fingerprint density at radius 1 is 1.09 bits per heavy atom. The molecular weight excluding hydrogens is 506 g/mol. The quantitative estimate of drug-likeness (QED) is 0.385. The van der Waals surface area contributed by atoms with Crippen molar-refractivity contribution in [1.29, 1.82) is 5.26 Å². The molecule has 0 radical (unpaired) electrons. The fraction of sp³-hybridized carbons (Fsp3) is 0.393. The van der Waals surface area contributed by atoms with Gasteiger partial charge in [0.2, 0.25) is 5.78 Å². The van der Waals surface area contributed by atoms with Gasteiger partial charge >= 0.3 is 0 Å². The molecule has 1 saturated carbocycles. The summed E-state index contributed by atoms with van der Waals surface area (Å²) in [7, 11) is 0. The third-order valence-electron chi connectivity index (χ3n) is 7.27. The molecule has 0 spiro atoms. The maximum Gasteiger partial charge on any atom is 0.202 e. The van der Waals surface area contributed by atoms with E-state index in [1.807, 2.05) is 42.5 Å². The van der Waals surface area contributed by atoms with Crippen molar-refractivity contribution in [2.75, 3.05) is 26.3 Å². The van der Waals surface area contributed by atoms with Gasteiger partial charge in [-0.1, -0.05) is 34.1 Å². The van der Waals surface area contributed by atoms with Gasteiger partial charge in [-0.05, 0) is 61.6 Å². The lowest BCUT2D eigenvalue weighted by Crippen LogP contribution is -2.47. The molecule has 6 nitrogen and oxygen atoms in total. The van der Waals surface area contributed by atoms with Crippen molar-refractivity contribution in [1.82, 2.24) is 9.88 Å². The summed E-state index contributed by atoms with van der Waals surface area (Å²) in [5.74, 6) is 0.906. The van der Waals surface area contributed by atoms with Gasteiger partial charge in [0.25, 0.3) is 0 Å². The zero-order valence-corrected chi connectivity index (χ0v) is 21.2. The number of rotatable bonds is 6. The van der Waals surface area contributed by atoms with Crippen LogP contribution < -0.4 is 0 Å². The number of nitrogens with zero attached hydrogens (tertiary/aromatic N) is 3. The number of furan rings is 1. The number of carbonyl (C=O) groups is 1. The molecule has 1 aliphatic heterocycles. The van der Waals surface area contributed by atoms with Gasteiger partial charge in [0.05, 0.1) is 30.4 Å². The van der Waals surface area contributed by atoms with Gasteiger partial charge in [-0.25, -0.2) is 0 Å². The van der Waals surface area contributed by atoms with Gasteiger partial charge in [0.1, 0.15) is 5.76 Å². The summed E-state index contributed by atoms with van der Waals surface area (Å²) in [5.41, 5.74) is 2.00. The van der Waals surface area contributed by atoms with Gasteiger partial charge in [-0.3, -0.25) is 14.7 Å². The van der Waals surface area contributed by atoms with Crippen LogP contribution in [0.4, 0.5) is 0 Å². The first kappa shape index (κ1) is 23.9. The topological polar surface area (TPSA) is 79.4 Å². The van der Waals surface area contributed by atoms with Crippen molar-refractivity contribution in [3.05, 3.63) is 76.2 Å². The number of benzene rings is 1. The molecule has 0 amide bonds. The Kier molecular flexibility index (Phi) is 7.14. The van der Waals surface area contributed by atoms with Crippen molar-refractivity contribution in [2.24, 2.45) is 0 Å². The molecule has 5 rings (SSSR count). The maximum atomic E-state index is 12.8. The van der Waals surface area contributed by atoms with Crippen LogP contribution in [-0.2, 0) is 16.6 Å². The Balaban J connectivity index is 1.22. The molecular formula is C28H28BrN3O3. The predicted octanol–water partition coefficient (Wildman–Crippen LogP) is 5.57. The Labute approximate surface area is 214 Å². The van der Waals surface area contributed by atoms with Crippen LogP contribution in [0.1, 0.15) is 47.5 Å². The number of hydrogen-bond donors (Lipinski definition) is 0. The van der Waals surface area contributed by atoms with Crippen molar-refractivity contribution < 1.29 is 13.9 Å². The standard InChI is InChI=1S/C28H28BrN3O3/c29-22-4-2-21(3-5-22)25-6-7-26(35-25)24(33)17-20-1-8-27(31-18-20)28(19-30)11-9-23(10-12-28)32-13-15-34-16-14-32/h1-8,18,23H,9-17H2. The molecule has 0 unspecified atom stereocenters. The molecule has 3 aromatic rings. The van der Waals surface area contributed by atoms with E-state index in [4.69, 9.17) is 9.15 Å². The number of ketones is 1. The van der Waals surface area contributed by atoms with Crippen molar-refractivity contribution in [3.8, 4) is 17.4 Å². The fourth-order valence-electron chi connectivity index (χ4n) is 5.17. The number of halogens is 1. The van der Waals surface area contributed by atoms with Crippen LogP contribution in [0.2, 0.25) is 0 Å². The van der Waals surface area contributed by atoms with Crippen LogP contribution in [0.3, 0.4) is 0 Å². The van der Waals surface area contributed by atoms with Crippen molar-refractivity contribution >= 4 is 21.7 Å². The molecule has 3 heterocycles. The predicted molar refractivity (Wildman–Crippen MR) is 136 cm³/mol. The molecule has 180 valence electrons. The number of Topliss-reactive ketones (excluding diaryl/α,β-unsaturated/α-hetero) is 1. The van der Waals surface area contributed by atoms with Crippen LogP contribution in [0.25, 0.3) is 11.3 Å². The molecule has 35 heavy (non-hydrogen) atoms. The minimum Gasteiger partial charge on any atom is -0.453 e. The summed E-state index contributed by atoms with van der Waals surface area (Å²) in [6.07, 6.45) is 5.55. The first-order chi connectivity index (χ1) is 17.1. The zero-order chi connectivity index (χ0) is 24.3. The van der Waals surface area contributed by atoms with Gasteiger partial charge in [-0.15, -0.1) is 0 Å². The largest absolute Gasteiger partial charge is 0.453 e. The first-order valence-electron chi connectivity index (χ1n) is 12.1. The lowest BCUT2D eigenvalue weighted by Gasteiger charge is -2.41. The highest BCUT2D eigenvalue weighted by atomic mass is 79.9. The summed E-state index contributed by atoms with van der Waals surface area (Å²) >= 11 is 3.43. The number of hydrogen-bond acceptors (Lipinski definition) is 6. The van der Waals surface area contributed by atoms with Crippen LogP contribution in [-0.4, -0.2) is 48.0 Å². The van der Waals surface area contributed by atoms with Crippen molar-refractivity contribution in [3.63, 3.8) is 0 Å². The van der Waals surface area contributed by atoms with E-state index < -0.39 is 5.41 Å². The third-order valence-corrected chi connectivity index (χ3v) is 7.80. The minimum atomic E-state index is -0.550. The maximum absolute atomic E-state index is 12.8. The van der Waals surface area contributed by atoms with E-state index in [0.717, 1.165) is 73.3 Å². The normalized spacial score (nSPS) is 23.0. The average Bonchev–Trinajstić information content (AvgIpc) is 3.41. The second kappa shape index (κ2) is 10.4. The summed E-state index contributed by atoms with van der Waals surface area (Å²) < 4.78 is 12.3. The second-order valence-corrected chi connectivity index (χ2v) is 10.3. The highest BCUT2D eigenvalue weighted by Crippen LogP contribution is 2.39. The first-order valence-corrected chi connectivity index (χ1v) is 12.9. The van der Waals surface area contributed by atoms with E-state index in [-0.39, 0.29) is 12.2 Å². The zero-order valence-electron chi connectivity index (χ0n) is 19.6. The number of ether oxygens (including phenoxy) is 1. The van der Waals surface area contributed by atoms with E-state index in [1.54, 1.807) is 12.3 Å². The van der Waals surface area contributed by atoms with Crippen LogP contribution in [0.15, 0.2) is 63.6 Å². The van der Waals surface area contributed by atoms with Gasteiger partial charge in [0, 0.05) is 41.8 Å². The molecule has 0 N–H and O–H groups in total. The highest BCUT2D eigenvalue weighted by molar-refractivity contribution is 9.10. The van der Waals surface area contributed by atoms with E-state index >= 15 is 0 Å². The molecule has 2 fully saturated rings. The minimum absolute atomic E-state index is 0.0936. The summed E-state index contributed by atoms with van der Waals surface area (Å²) in [4.78, 5) is 20.0. The van der Waals surface area contributed by atoms with Crippen LogP contribution in [0, 0.1) is 11.3 Å². The molecule has 1 saturated heterocycles. The average molecular weight is 534 g/mol. The van der Waals surface area contributed by atoms with E-state index in [9.17, 15) is 10.1 Å². The lowest BCUT2D eigenvalue weighted by atomic mass is 9.71.